The first-order valence-corrected chi connectivity index (χ1v) is 9.18. The van der Waals surface area contributed by atoms with Gasteiger partial charge < -0.3 is 15.4 Å². The minimum absolute atomic E-state index is 0.122. The molecule has 2 aliphatic rings. The highest BCUT2D eigenvalue weighted by atomic mass is 16.6. The molecule has 2 saturated carbocycles. The quantitative estimate of drug-likeness (QED) is 0.800. The van der Waals surface area contributed by atoms with Gasteiger partial charge in [0.1, 0.15) is 5.60 Å². The maximum absolute atomic E-state index is 11.8. The summed E-state index contributed by atoms with van der Waals surface area (Å²) in [5.74, 6) is 0.863. The lowest BCUT2D eigenvalue weighted by atomic mass is 9.69. The smallest absolute Gasteiger partial charge is 0.407 e. The van der Waals surface area contributed by atoms with Crippen molar-refractivity contribution in [1.29, 1.82) is 0 Å². The Kier molecular flexibility index (Phi) is 5.06. The molecule has 0 radical (unpaired) electrons. The SMILES string of the molecule is CC(CCNC1CC2CCC1(C)C2(C)C)NC(=O)OC(C)(C)C. The molecular formula is C19H36N2O2. The van der Waals surface area contributed by atoms with Gasteiger partial charge >= 0.3 is 6.09 Å². The minimum atomic E-state index is -0.439. The van der Waals surface area contributed by atoms with Crippen molar-refractivity contribution in [3.8, 4) is 0 Å². The van der Waals surface area contributed by atoms with E-state index in [4.69, 9.17) is 4.74 Å². The summed E-state index contributed by atoms with van der Waals surface area (Å²) in [6.45, 7) is 16.0. The maximum Gasteiger partial charge on any atom is 0.407 e. The Balaban J connectivity index is 1.73. The van der Waals surface area contributed by atoms with E-state index in [0.29, 0.717) is 16.9 Å². The van der Waals surface area contributed by atoms with Crippen LogP contribution in [0.4, 0.5) is 4.79 Å². The monoisotopic (exact) mass is 324 g/mol. The number of hydrogen-bond acceptors (Lipinski definition) is 3. The van der Waals surface area contributed by atoms with Gasteiger partial charge in [0.2, 0.25) is 0 Å². The second-order valence-electron chi connectivity index (χ2n) is 9.45. The van der Waals surface area contributed by atoms with Crippen molar-refractivity contribution in [1.82, 2.24) is 10.6 Å². The fourth-order valence-electron chi connectivity index (χ4n) is 4.57. The summed E-state index contributed by atoms with van der Waals surface area (Å²) >= 11 is 0. The molecule has 2 bridgehead atoms. The molecule has 0 saturated heterocycles. The fraction of sp³-hybridized carbons (Fsp3) is 0.947. The summed E-state index contributed by atoms with van der Waals surface area (Å²) < 4.78 is 5.30. The van der Waals surface area contributed by atoms with E-state index in [1.807, 2.05) is 27.7 Å². The molecular weight excluding hydrogens is 288 g/mol. The van der Waals surface area contributed by atoms with E-state index >= 15 is 0 Å². The van der Waals surface area contributed by atoms with E-state index < -0.39 is 5.60 Å². The third-order valence-corrected chi connectivity index (χ3v) is 6.53. The highest BCUT2D eigenvalue weighted by Gasteiger charge is 2.60. The summed E-state index contributed by atoms with van der Waals surface area (Å²) in [6.07, 6.45) is 4.64. The van der Waals surface area contributed by atoms with Crippen molar-refractivity contribution in [2.24, 2.45) is 16.7 Å². The number of fused-ring (bicyclic) bond motifs is 2. The Hall–Kier alpha value is -0.770. The predicted octanol–water partition coefficient (Wildman–Crippen LogP) is 4.09. The summed E-state index contributed by atoms with van der Waals surface area (Å²) in [6, 6.07) is 0.738. The average molecular weight is 325 g/mol. The van der Waals surface area contributed by atoms with E-state index in [9.17, 15) is 4.79 Å². The van der Waals surface area contributed by atoms with Gasteiger partial charge in [-0.25, -0.2) is 4.79 Å². The molecule has 2 aliphatic carbocycles. The van der Waals surface area contributed by atoms with Crippen LogP contribution in [0.3, 0.4) is 0 Å². The van der Waals surface area contributed by atoms with Crippen LogP contribution in [0.1, 0.15) is 74.1 Å². The Labute approximate surface area is 142 Å². The van der Waals surface area contributed by atoms with Crippen LogP contribution in [0.5, 0.6) is 0 Å². The van der Waals surface area contributed by atoms with Gasteiger partial charge in [0.05, 0.1) is 0 Å². The average Bonchev–Trinajstić information content (AvgIpc) is 2.69. The zero-order chi connectivity index (χ0) is 17.5. The molecule has 2 fully saturated rings. The van der Waals surface area contributed by atoms with E-state index in [1.165, 1.54) is 19.3 Å². The van der Waals surface area contributed by atoms with E-state index in [2.05, 4.69) is 31.4 Å². The number of alkyl carbamates (subject to hydrolysis) is 1. The molecule has 0 spiro atoms. The van der Waals surface area contributed by atoms with E-state index in [-0.39, 0.29) is 12.1 Å². The van der Waals surface area contributed by atoms with Crippen LogP contribution in [0, 0.1) is 16.7 Å². The van der Waals surface area contributed by atoms with Crippen LogP contribution in [0.15, 0.2) is 0 Å². The molecule has 23 heavy (non-hydrogen) atoms. The van der Waals surface area contributed by atoms with Gasteiger partial charge in [0.25, 0.3) is 0 Å². The molecule has 0 aliphatic heterocycles. The van der Waals surface area contributed by atoms with E-state index in [0.717, 1.165) is 18.9 Å². The number of rotatable bonds is 5. The van der Waals surface area contributed by atoms with Crippen LogP contribution >= 0.6 is 0 Å². The number of carbonyl (C=O) groups is 1. The van der Waals surface area contributed by atoms with Crippen molar-refractivity contribution in [2.75, 3.05) is 6.54 Å². The van der Waals surface area contributed by atoms with Gasteiger partial charge in [-0.3, -0.25) is 0 Å². The predicted molar refractivity (Wildman–Crippen MR) is 94.5 cm³/mol. The van der Waals surface area contributed by atoms with Gasteiger partial charge in [0.15, 0.2) is 0 Å². The Morgan fingerprint density at radius 3 is 2.43 bits per heavy atom. The number of hydrogen-bond donors (Lipinski definition) is 2. The molecule has 1 amide bonds. The largest absolute Gasteiger partial charge is 0.444 e. The molecule has 0 aromatic rings. The number of ether oxygens (including phenoxy) is 1. The van der Waals surface area contributed by atoms with Gasteiger partial charge in [0, 0.05) is 12.1 Å². The number of amides is 1. The van der Waals surface area contributed by atoms with Crippen molar-refractivity contribution >= 4 is 6.09 Å². The first kappa shape index (κ1) is 18.6. The third-order valence-electron chi connectivity index (χ3n) is 6.53. The lowest BCUT2D eigenvalue weighted by Crippen LogP contribution is -2.46. The van der Waals surface area contributed by atoms with Gasteiger partial charge in [-0.05, 0) is 76.7 Å². The van der Waals surface area contributed by atoms with Crippen molar-refractivity contribution < 1.29 is 9.53 Å². The molecule has 4 atom stereocenters. The van der Waals surface area contributed by atoms with Crippen LogP contribution < -0.4 is 10.6 Å². The second-order valence-corrected chi connectivity index (χ2v) is 9.45. The molecule has 4 heteroatoms. The van der Waals surface area contributed by atoms with E-state index in [1.54, 1.807) is 0 Å². The Morgan fingerprint density at radius 2 is 1.96 bits per heavy atom. The Morgan fingerprint density at radius 1 is 1.30 bits per heavy atom. The van der Waals surface area contributed by atoms with Gasteiger partial charge in [-0.15, -0.1) is 0 Å². The molecule has 2 N–H and O–H groups in total. The van der Waals surface area contributed by atoms with Crippen LogP contribution in [0.25, 0.3) is 0 Å². The first-order valence-electron chi connectivity index (χ1n) is 9.18. The van der Waals surface area contributed by atoms with Crippen molar-refractivity contribution in [3.63, 3.8) is 0 Å². The van der Waals surface area contributed by atoms with Gasteiger partial charge in [-0.1, -0.05) is 20.8 Å². The number of nitrogens with one attached hydrogen (secondary N) is 2. The van der Waals surface area contributed by atoms with Crippen LogP contribution in [0.2, 0.25) is 0 Å². The molecule has 134 valence electrons. The zero-order valence-electron chi connectivity index (χ0n) is 16.1. The first-order chi connectivity index (χ1) is 10.5. The molecule has 4 unspecified atom stereocenters. The molecule has 0 heterocycles. The standard InChI is InChI=1S/C19H36N2O2/c1-13(21-16(22)23-17(2,3)4)9-11-20-15-12-14-8-10-19(15,7)18(14,5)6/h13-15,20H,8-12H2,1-7H3,(H,21,22). The minimum Gasteiger partial charge on any atom is -0.444 e. The molecule has 0 aromatic carbocycles. The summed E-state index contributed by atoms with van der Waals surface area (Å²) in [7, 11) is 0. The maximum atomic E-state index is 11.8. The van der Waals surface area contributed by atoms with Crippen molar-refractivity contribution in [3.05, 3.63) is 0 Å². The lowest BCUT2D eigenvalue weighted by molar-refractivity contribution is 0.0505. The highest BCUT2D eigenvalue weighted by molar-refractivity contribution is 5.67. The van der Waals surface area contributed by atoms with Crippen LogP contribution in [-0.4, -0.2) is 30.3 Å². The molecule has 0 aromatic heterocycles. The summed E-state index contributed by atoms with van der Waals surface area (Å²) in [5.41, 5.74) is 0.426. The Bertz CT molecular complexity index is 441. The third kappa shape index (κ3) is 3.84. The highest BCUT2D eigenvalue weighted by Crippen LogP contribution is 2.65. The van der Waals surface area contributed by atoms with Gasteiger partial charge in [-0.2, -0.15) is 0 Å². The molecule has 2 rings (SSSR count). The molecule has 4 nitrogen and oxygen atoms in total. The second kappa shape index (κ2) is 6.27. The zero-order valence-corrected chi connectivity index (χ0v) is 16.1. The normalized spacial score (nSPS) is 33.5. The number of carbonyl (C=O) groups excluding carboxylic acids is 1. The lowest BCUT2D eigenvalue weighted by Gasteiger charge is -2.39. The fourth-order valence-corrected chi connectivity index (χ4v) is 4.57. The topological polar surface area (TPSA) is 50.4 Å². The summed E-state index contributed by atoms with van der Waals surface area (Å²) in [4.78, 5) is 11.8. The van der Waals surface area contributed by atoms with Crippen molar-refractivity contribution in [2.45, 2.75) is 91.8 Å². The van der Waals surface area contributed by atoms with Crippen LogP contribution in [-0.2, 0) is 4.74 Å². The summed E-state index contributed by atoms with van der Waals surface area (Å²) in [5, 5.41) is 6.69.